The maximum Gasteiger partial charge on any atom is 0 e. The molecule has 0 amide bonds. The normalized spacial score (nSPS) is 27.6. The van der Waals surface area contributed by atoms with Crippen LogP contribution in [0.1, 0.15) is 188 Å². The molecule has 9 unspecified atom stereocenters. The fourth-order valence-corrected chi connectivity index (χ4v) is 17.3. The maximum absolute atomic E-state index is 2.49. The van der Waals surface area contributed by atoms with Crippen LogP contribution in [0.3, 0.4) is 0 Å². The van der Waals surface area contributed by atoms with Gasteiger partial charge in [-0.3, -0.25) is 0 Å². The van der Waals surface area contributed by atoms with Gasteiger partial charge in [0.25, 0.3) is 0 Å². The minimum Gasteiger partial charge on any atom is -0.121 e. The summed E-state index contributed by atoms with van der Waals surface area (Å²) in [7, 11) is 6.82. The number of hydrogen-bond acceptors (Lipinski definition) is 0. The van der Waals surface area contributed by atoms with Crippen LogP contribution in [0.15, 0.2) is 146 Å². The van der Waals surface area contributed by atoms with Crippen LogP contribution in [0.5, 0.6) is 0 Å². The topological polar surface area (TPSA) is 0 Å². The molecule has 0 aromatic heterocycles. The van der Waals surface area contributed by atoms with Crippen molar-refractivity contribution in [3.63, 3.8) is 0 Å². The molecule has 12 heteroatoms. The third-order valence-corrected chi connectivity index (χ3v) is 25.1. The first-order chi connectivity index (χ1) is 37.0. The van der Waals surface area contributed by atoms with E-state index in [0.29, 0.717) is 0 Å². The van der Waals surface area contributed by atoms with E-state index in [1.165, 1.54) is 173 Å². The third kappa shape index (κ3) is 44.7. The van der Waals surface area contributed by atoms with E-state index < -0.39 is 0 Å². The number of hydrogen-bond donors (Lipinski definition) is 0. The Morgan fingerprint density at radius 2 is 0.506 bits per heavy atom. The molecule has 12 rings (SSSR count). The molecule has 0 aliphatic heterocycles. The van der Waals surface area contributed by atoms with Gasteiger partial charge >= 0.3 is 0 Å². The largest absolute Gasteiger partial charge is 0.121 e. The van der Waals surface area contributed by atoms with Crippen LogP contribution in [0.2, 0.25) is 0 Å². The Balaban J connectivity index is -0.000000278. The molecular formula is C71H122Fe6P6. The molecule has 0 nitrogen and oxygen atoms in total. The van der Waals surface area contributed by atoms with Crippen molar-refractivity contribution in [2.45, 2.75) is 222 Å². The standard InChI is InChI=1S/C13H22P2.C12H19P.C11H16.3C6H11P.3C5H8.2CH4.6Fe/c1-14-12-7-3-5-10(12)9-11-6-4-8-13(11)15-2;1-13-12-8-4-7-11(12)9-10-5-2-3-6-10;1-2-6-10(5-1)9-11-7-3-4-8-11;3*1-7-6-4-2-3-5-6;3*1-2-4-5-3-1;;;;;;;;/h3-6,10-15H,7-9H2,1-2H3;2,4-5,7,10-13H,3,6,8-9H2,1H3;1,3,5,7,10-11H,2,4,6,8-9H2;3*2-3,6-7H,4-5H2,1H3;3*1-2H,3-5H2;2*1H4;;;;;;/t10-,11-,12?,13?;10-,11-,12?;10-,11+;;;;;;;;;;;;;;/m00.............../s1. The summed E-state index contributed by atoms with van der Waals surface area (Å²) < 4.78 is 0. The van der Waals surface area contributed by atoms with Gasteiger partial charge in [0.2, 0.25) is 0 Å². The van der Waals surface area contributed by atoms with E-state index in [2.05, 4.69) is 186 Å². The first-order valence-corrected chi connectivity index (χ1v) is 40.4. The first kappa shape index (κ1) is 94.3. The van der Waals surface area contributed by atoms with Crippen molar-refractivity contribution in [3.05, 3.63) is 146 Å². The summed E-state index contributed by atoms with van der Waals surface area (Å²) in [4.78, 5) is 0. The zero-order chi connectivity index (χ0) is 53.2. The summed E-state index contributed by atoms with van der Waals surface area (Å²) in [5.41, 5.74) is 5.97. The molecular weight excluding hydrogens is 1370 g/mol. The van der Waals surface area contributed by atoms with Crippen molar-refractivity contribution >= 4 is 51.5 Å². The van der Waals surface area contributed by atoms with Crippen LogP contribution in [0, 0.1) is 35.5 Å². The third-order valence-electron chi connectivity index (χ3n) is 17.0. The molecule has 0 saturated heterocycles. The van der Waals surface area contributed by atoms with Gasteiger partial charge in [-0.2, -0.15) is 0 Å². The smallest absolute Gasteiger partial charge is 0 e. The minimum absolute atomic E-state index is 0. The fraction of sp³-hybridized carbons (Fsp3) is 0.662. The average molecular weight is 1500 g/mol. The zero-order valence-corrected chi connectivity index (χ0v) is 63.6. The fourth-order valence-electron chi connectivity index (χ4n) is 11.9. The van der Waals surface area contributed by atoms with E-state index in [1.54, 1.807) is 0 Å². The molecule has 0 spiro atoms. The molecule has 12 aliphatic rings. The van der Waals surface area contributed by atoms with Crippen LogP contribution in [-0.2, 0) is 102 Å². The van der Waals surface area contributed by atoms with E-state index in [0.717, 1.165) is 121 Å². The van der Waals surface area contributed by atoms with Gasteiger partial charge in [0.1, 0.15) is 0 Å². The van der Waals surface area contributed by atoms with Crippen LogP contribution in [0.4, 0.5) is 0 Å². The van der Waals surface area contributed by atoms with Gasteiger partial charge in [0.15, 0.2) is 0 Å². The molecule has 0 radical (unpaired) electrons. The molecule has 12 aliphatic carbocycles. The van der Waals surface area contributed by atoms with Gasteiger partial charge < -0.3 is 0 Å². The van der Waals surface area contributed by atoms with E-state index in [-0.39, 0.29) is 117 Å². The van der Waals surface area contributed by atoms with E-state index in [1.807, 2.05) is 0 Å². The molecule has 0 saturated carbocycles. The summed E-state index contributed by atoms with van der Waals surface area (Å²) >= 11 is 0. The molecule has 484 valence electrons. The Kier molecular flexibility index (Phi) is 73.5. The summed E-state index contributed by atoms with van der Waals surface area (Å²) in [6.07, 6.45) is 92.7. The van der Waals surface area contributed by atoms with Gasteiger partial charge in [-0.25, -0.2) is 0 Å². The number of rotatable bonds is 12. The predicted molar refractivity (Wildman–Crippen MR) is 377 cm³/mol. The molecule has 0 heterocycles. The maximum atomic E-state index is 2.49. The van der Waals surface area contributed by atoms with E-state index in [9.17, 15) is 0 Å². The summed E-state index contributed by atoms with van der Waals surface area (Å²) in [6, 6.07) is 0. The average Bonchev–Trinajstić information content (AvgIpc) is 4.29. The minimum atomic E-state index is 0. The Morgan fingerprint density at radius 1 is 0.253 bits per heavy atom. The predicted octanol–water partition coefficient (Wildman–Crippen LogP) is 23.3. The van der Waals surface area contributed by atoms with Crippen molar-refractivity contribution in [1.29, 1.82) is 0 Å². The van der Waals surface area contributed by atoms with Crippen molar-refractivity contribution in [3.8, 4) is 0 Å². The van der Waals surface area contributed by atoms with Gasteiger partial charge in [-0.1, -0.05) is 161 Å². The van der Waals surface area contributed by atoms with E-state index in [4.69, 9.17) is 0 Å². The second-order valence-electron chi connectivity index (χ2n) is 22.7. The summed E-state index contributed by atoms with van der Waals surface area (Å²) in [6.45, 7) is 14.0. The Morgan fingerprint density at radius 3 is 0.699 bits per heavy atom. The molecule has 83 heavy (non-hydrogen) atoms. The van der Waals surface area contributed by atoms with E-state index >= 15 is 0 Å². The molecule has 0 fully saturated rings. The summed E-state index contributed by atoms with van der Waals surface area (Å²) in [5.74, 6) is 5.38. The second kappa shape index (κ2) is 64.7. The second-order valence-corrected chi connectivity index (χ2v) is 30.8. The van der Waals surface area contributed by atoms with Gasteiger partial charge in [-0.05, 0) is 283 Å². The van der Waals surface area contributed by atoms with Crippen molar-refractivity contribution in [1.82, 2.24) is 0 Å². The zero-order valence-electron chi connectivity index (χ0n) is 51.0. The van der Waals surface area contributed by atoms with Gasteiger partial charge in [0.05, 0.1) is 0 Å². The summed E-state index contributed by atoms with van der Waals surface area (Å²) in [5, 5.41) is 0. The molecule has 0 N–H and O–H groups in total. The Bertz CT molecular complexity index is 1640. The Labute approximate surface area is 591 Å². The monoisotopic (exact) mass is 1500 g/mol. The SMILES string of the molecule is C.C.C1=CCCC1.C1=CCCC1.C1=CCCC1.C1=C[C@@H](C[C@H]2C=CCC2)CC1.CPC1CC=CC1.CPC1CC=CC1.CPC1CC=CC1.CPC1CC=C[C@H]1C[C@@H]1C=CCC1PC.CPC1CC=C[C@H]1C[C@H]1C=CCC1.[Fe].[Fe].[Fe].[Fe].[Fe].[Fe]. The Hall–Kier alpha value is 2.58. The molecule has 0 aromatic carbocycles. The van der Waals surface area contributed by atoms with Crippen LogP contribution in [0.25, 0.3) is 0 Å². The van der Waals surface area contributed by atoms with Gasteiger partial charge in [0, 0.05) is 102 Å². The molecule has 0 bridgehead atoms. The molecule has 0 aromatic rings. The van der Waals surface area contributed by atoms with Crippen LogP contribution in [-0.4, -0.2) is 73.9 Å². The van der Waals surface area contributed by atoms with Crippen molar-refractivity contribution in [2.75, 3.05) is 40.0 Å². The van der Waals surface area contributed by atoms with Crippen molar-refractivity contribution in [2.24, 2.45) is 35.5 Å². The number of allylic oxidation sites excluding steroid dienone is 24. The molecule has 15 atom stereocenters. The van der Waals surface area contributed by atoms with Crippen LogP contribution < -0.4 is 0 Å². The van der Waals surface area contributed by atoms with Gasteiger partial charge in [-0.15, -0.1) is 51.5 Å². The van der Waals surface area contributed by atoms with Crippen molar-refractivity contribution < 1.29 is 102 Å². The first-order valence-electron chi connectivity index (χ1n) is 30.9. The quantitative estimate of drug-likeness (QED) is 0.104. The van der Waals surface area contributed by atoms with Crippen LogP contribution >= 0.6 is 51.5 Å².